The lowest BCUT2D eigenvalue weighted by atomic mass is 10.2. The highest BCUT2D eigenvalue weighted by Gasteiger charge is 2.17. The highest BCUT2D eigenvalue weighted by Crippen LogP contribution is 2.25. The normalized spacial score (nSPS) is 10.6. The fourth-order valence-electron chi connectivity index (χ4n) is 2.48. The second kappa shape index (κ2) is 7.27. The molecule has 0 atom stereocenters. The minimum absolute atomic E-state index is 0.0553. The Labute approximate surface area is 160 Å². The van der Waals surface area contributed by atoms with Gasteiger partial charge in [-0.25, -0.2) is 4.98 Å². The number of hydrogen-bond donors (Lipinski definition) is 1. The molecule has 4 rings (SSSR count). The van der Waals surface area contributed by atoms with Crippen LogP contribution in [0.2, 0.25) is 0 Å². The van der Waals surface area contributed by atoms with Gasteiger partial charge in [-0.15, -0.1) is 0 Å². The maximum atomic E-state index is 5.87. The van der Waals surface area contributed by atoms with E-state index in [9.17, 15) is 0 Å². The molecular weight excluding hydrogens is 360 g/mol. The Hall–Kier alpha value is -4.08. The highest BCUT2D eigenvalue weighted by molar-refractivity contribution is 5.60. The van der Waals surface area contributed by atoms with Gasteiger partial charge in [-0.2, -0.15) is 19.9 Å². The van der Waals surface area contributed by atoms with E-state index in [0.717, 1.165) is 5.69 Å². The van der Waals surface area contributed by atoms with Crippen LogP contribution < -0.4 is 15.4 Å². The lowest BCUT2D eigenvalue weighted by molar-refractivity contribution is 0.397. The third-order valence-electron chi connectivity index (χ3n) is 3.90. The Morgan fingerprint density at radius 2 is 1.82 bits per heavy atom. The molecule has 0 unspecified atom stereocenters. The first-order chi connectivity index (χ1) is 13.6. The number of nitrogen functional groups attached to an aromatic ring is 1. The Balaban J connectivity index is 1.68. The quantitative estimate of drug-likeness (QED) is 0.554. The minimum atomic E-state index is 0.0553. The van der Waals surface area contributed by atoms with Crippen LogP contribution in [0.15, 0.2) is 53.2 Å². The van der Waals surface area contributed by atoms with E-state index in [4.69, 9.17) is 15.0 Å². The number of benzene rings is 1. The standard InChI is InChI=1S/C18H16N8O2/c1-26(12-6-4-3-5-7-12)18-23-14(22-17(19)24-18)15-21-16(28-25-15)11-8-9-20-13(10-11)27-2/h3-10H,1-2H3,(H2,19,22,23,24). The summed E-state index contributed by atoms with van der Waals surface area (Å²) in [6, 6.07) is 13.1. The van der Waals surface area contributed by atoms with Crippen LogP contribution in [0.3, 0.4) is 0 Å². The van der Waals surface area contributed by atoms with Crippen molar-refractivity contribution in [1.29, 1.82) is 0 Å². The van der Waals surface area contributed by atoms with Crippen LogP contribution in [0.5, 0.6) is 5.88 Å². The van der Waals surface area contributed by atoms with Gasteiger partial charge in [0.2, 0.25) is 29.4 Å². The summed E-state index contributed by atoms with van der Waals surface area (Å²) in [7, 11) is 3.36. The van der Waals surface area contributed by atoms with Gasteiger partial charge in [-0.3, -0.25) is 0 Å². The number of anilines is 3. The molecule has 0 aliphatic rings. The molecule has 0 aliphatic carbocycles. The first-order valence-corrected chi connectivity index (χ1v) is 8.29. The molecule has 3 aromatic heterocycles. The average Bonchev–Trinajstić information content (AvgIpc) is 3.24. The summed E-state index contributed by atoms with van der Waals surface area (Å²) < 4.78 is 10.4. The summed E-state index contributed by atoms with van der Waals surface area (Å²) in [5.74, 6) is 1.55. The molecule has 0 radical (unpaired) electrons. The number of hydrogen-bond acceptors (Lipinski definition) is 10. The summed E-state index contributed by atoms with van der Waals surface area (Å²) in [6.07, 6.45) is 1.59. The smallest absolute Gasteiger partial charge is 0.258 e. The van der Waals surface area contributed by atoms with Crippen molar-refractivity contribution in [1.82, 2.24) is 30.1 Å². The van der Waals surface area contributed by atoms with Gasteiger partial charge in [0, 0.05) is 30.6 Å². The Morgan fingerprint density at radius 1 is 1.00 bits per heavy atom. The van der Waals surface area contributed by atoms with Crippen molar-refractivity contribution in [3.05, 3.63) is 48.7 Å². The number of methoxy groups -OCH3 is 1. The van der Waals surface area contributed by atoms with Crippen LogP contribution in [0.1, 0.15) is 0 Å². The molecule has 4 aromatic rings. The predicted molar refractivity (Wildman–Crippen MR) is 102 cm³/mol. The molecule has 1 aromatic carbocycles. The third-order valence-corrected chi connectivity index (χ3v) is 3.90. The summed E-state index contributed by atoms with van der Waals surface area (Å²) in [5, 5.41) is 3.96. The summed E-state index contributed by atoms with van der Waals surface area (Å²) >= 11 is 0. The zero-order chi connectivity index (χ0) is 19.5. The molecule has 0 saturated carbocycles. The second-order valence-electron chi connectivity index (χ2n) is 5.72. The zero-order valence-electron chi connectivity index (χ0n) is 15.1. The van der Waals surface area contributed by atoms with Gasteiger partial charge < -0.3 is 19.9 Å². The monoisotopic (exact) mass is 376 g/mol. The molecule has 140 valence electrons. The summed E-state index contributed by atoms with van der Waals surface area (Å²) in [5.41, 5.74) is 7.43. The van der Waals surface area contributed by atoms with E-state index < -0.39 is 0 Å². The highest BCUT2D eigenvalue weighted by atomic mass is 16.5. The number of para-hydroxylation sites is 1. The van der Waals surface area contributed by atoms with Crippen LogP contribution in [0.4, 0.5) is 17.6 Å². The molecule has 3 heterocycles. The van der Waals surface area contributed by atoms with E-state index in [1.54, 1.807) is 23.2 Å². The minimum Gasteiger partial charge on any atom is -0.481 e. The average molecular weight is 376 g/mol. The van der Waals surface area contributed by atoms with Crippen LogP contribution in [-0.2, 0) is 0 Å². The van der Waals surface area contributed by atoms with Gasteiger partial charge in [0.05, 0.1) is 7.11 Å². The molecule has 10 nitrogen and oxygen atoms in total. The Bertz CT molecular complexity index is 1100. The summed E-state index contributed by atoms with van der Waals surface area (Å²) in [4.78, 5) is 22.9. The molecular formula is C18H16N8O2. The topological polar surface area (TPSA) is 129 Å². The van der Waals surface area contributed by atoms with Crippen molar-refractivity contribution in [3.63, 3.8) is 0 Å². The van der Waals surface area contributed by atoms with E-state index in [-0.39, 0.29) is 23.5 Å². The van der Waals surface area contributed by atoms with Crippen LogP contribution in [0, 0.1) is 0 Å². The first-order valence-electron chi connectivity index (χ1n) is 8.29. The fraction of sp³-hybridized carbons (Fsp3) is 0.111. The van der Waals surface area contributed by atoms with Gasteiger partial charge in [0.1, 0.15) is 0 Å². The van der Waals surface area contributed by atoms with E-state index in [0.29, 0.717) is 17.4 Å². The molecule has 0 saturated heterocycles. The predicted octanol–water partition coefficient (Wildman–Crippen LogP) is 2.34. The Kier molecular flexibility index (Phi) is 4.50. The van der Waals surface area contributed by atoms with E-state index in [2.05, 4.69) is 30.1 Å². The van der Waals surface area contributed by atoms with Gasteiger partial charge in [0.25, 0.3) is 5.89 Å². The van der Waals surface area contributed by atoms with Crippen molar-refractivity contribution >= 4 is 17.6 Å². The molecule has 10 heteroatoms. The van der Waals surface area contributed by atoms with Crippen molar-refractivity contribution < 1.29 is 9.26 Å². The number of pyridine rings is 1. The maximum absolute atomic E-state index is 5.87. The molecule has 0 aliphatic heterocycles. The van der Waals surface area contributed by atoms with Crippen molar-refractivity contribution in [2.24, 2.45) is 0 Å². The van der Waals surface area contributed by atoms with Gasteiger partial charge in [-0.05, 0) is 18.2 Å². The van der Waals surface area contributed by atoms with Gasteiger partial charge in [0.15, 0.2) is 0 Å². The van der Waals surface area contributed by atoms with E-state index >= 15 is 0 Å². The Morgan fingerprint density at radius 3 is 2.61 bits per heavy atom. The molecule has 0 fully saturated rings. The van der Waals surface area contributed by atoms with Crippen molar-refractivity contribution in [2.45, 2.75) is 0 Å². The number of nitrogens with two attached hydrogens (primary N) is 1. The maximum Gasteiger partial charge on any atom is 0.258 e. The summed E-state index contributed by atoms with van der Waals surface area (Å²) in [6.45, 7) is 0. The number of aromatic nitrogens is 6. The number of ether oxygens (including phenoxy) is 1. The molecule has 2 N–H and O–H groups in total. The van der Waals surface area contributed by atoms with Gasteiger partial charge >= 0.3 is 0 Å². The fourth-order valence-corrected chi connectivity index (χ4v) is 2.48. The van der Waals surface area contributed by atoms with Crippen molar-refractivity contribution in [2.75, 3.05) is 24.8 Å². The van der Waals surface area contributed by atoms with Crippen molar-refractivity contribution in [3.8, 4) is 29.0 Å². The molecule has 0 bridgehead atoms. The lowest BCUT2D eigenvalue weighted by Gasteiger charge is -2.17. The number of rotatable bonds is 5. The molecule has 0 amide bonds. The van der Waals surface area contributed by atoms with E-state index in [1.165, 1.54) is 7.11 Å². The third kappa shape index (κ3) is 3.43. The van der Waals surface area contributed by atoms with Crippen LogP contribution >= 0.6 is 0 Å². The SMILES string of the molecule is COc1cc(-c2nc(-c3nc(N)nc(N(C)c4ccccc4)n3)no2)ccn1. The van der Waals surface area contributed by atoms with Crippen LogP contribution in [0.25, 0.3) is 23.1 Å². The second-order valence-corrected chi connectivity index (χ2v) is 5.72. The van der Waals surface area contributed by atoms with Gasteiger partial charge in [-0.1, -0.05) is 23.4 Å². The van der Waals surface area contributed by atoms with E-state index in [1.807, 2.05) is 37.4 Å². The lowest BCUT2D eigenvalue weighted by Crippen LogP contribution is -2.15. The largest absolute Gasteiger partial charge is 0.481 e. The molecule has 0 spiro atoms. The zero-order valence-corrected chi connectivity index (χ0v) is 15.1. The number of nitrogens with zero attached hydrogens (tertiary/aromatic N) is 7. The molecule has 28 heavy (non-hydrogen) atoms. The van der Waals surface area contributed by atoms with Crippen LogP contribution in [-0.4, -0.2) is 44.2 Å². The first kappa shape index (κ1) is 17.3.